The Balaban J connectivity index is 2.34. The average molecular weight is 339 g/mol. The summed E-state index contributed by atoms with van der Waals surface area (Å²) in [6.45, 7) is 7.36. The van der Waals surface area contributed by atoms with E-state index < -0.39 is 4.92 Å². The van der Waals surface area contributed by atoms with Gasteiger partial charge in [0, 0.05) is 24.5 Å². The highest BCUT2D eigenvalue weighted by Crippen LogP contribution is 2.27. The van der Waals surface area contributed by atoms with Crippen LogP contribution in [0.5, 0.6) is 0 Å². The number of fused-ring (bicyclic) bond motifs is 2. The van der Waals surface area contributed by atoms with Crippen molar-refractivity contribution in [3.05, 3.63) is 62.8 Å². The number of para-hydroxylation sites is 2. The molecule has 0 aliphatic carbocycles. The molecule has 1 aromatic heterocycles. The van der Waals surface area contributed by atoms with Crippen LogP contribution in [-0.2, 0) is 6.54 Å². The van der Waals surface area contributed by atoms with Gasteiger partial charge in [-0.1, -0.05) is 32.0 Å². The lowest BCUT2D eigenvalue weighted by molar-refractivity contribution is -0.383. The molecule has 0 unspecified atom stereocenters. The van der Waals surface area contributed by atoms with Crippen molar-refractivity contribution in [3.8, 4) is 0 Å². The molecular weight excluding hydrogens is 318 g/mol. The molecule has 0 aliphatic rings. The molecule has 0 atom stereocenters. The molecule has 0 bridgehead atoms. The fourth-order valence-corrected chi connectivity index (χ4v) is 3.33. The second kappa shape index (κ2) is 7.03. The van der Waals surface area contributed by atoms with Gasteiger partial charge in [0.1, 0.15) is 5.52 Å². The Morgan fingerprint density at radius 3 is 2.40 bits per heavy atom. The number of benzene rings is 2. The zero-order valence-corrected chi connectivity index (χ0v) is 14.4. The summed E-state index contributed by atoms with van der Waals surface area (Å²) in [5, 5.41) is 12.5. The molecule has 0 N–H and O–H groups in total. The lowest BCUT2D eigenvalue weighted by Crippen LogP contribution is -2.28. The molecule has 25 heavy (non-hydrogen) atoms. The van der Waals surface area contributed by atoms with E-state index in [0.29, 0.717) is 22.8 Å². The molecule has 0 saturated heterocycles. The number of rotatable bonds is 6. The molecule has 0 saturated carbocycles. The molecule has 0 fully saturated rings. The molecule has 3 rings (SSSR count). The number of hydrogen-bond donors (Lipinski definition) is 0. The molecular formula is C19H21N3O3. The zero-order valence-electron chi connectivity index (χ0n) is 14.4. The van der Waals surface area contributed by atoms with E-state index >= 15 is 0 Å². The summed E-state index contributed by atoms with van der Waals surface area (Å²) in [4.78, 5) is 26.2. The third kappa shape index (κ3) is 3.00. The largest absolute Gasteiger partial charge is 0.333 e. The van der Waals surface area contributed by atoms with E-state index in [0.717, 1.165) is 25.2 Å². The summed E-state index contributed by atoms with van der Waals surface area (Å²) in [5.41, 5.74) is 0.957. The van der Waals surface area contributed by atoms with Crippen LogP contribution in [0.15, 0.2) is 47.3 Å². The van der Waals surface area contributed by atoms with Gasteiger partial charge >= 0.3 is 0 Å². The maximum atomic E-state index is 12.8. The molecule has 0 aliphatic heterocycles. The van der Waals surface area contributed by atoms with Crippen molar-refractivity contribution in [1.82, 2.24) is 9.47 Å². The number of non-ortho nitro benzene ring substituents is 1. The van der Waals surface area contributed by atoms with Crippen LogP contribution in [0.3, 0.4) is 0 Å². The van der Waals surface area contributed by atoms with Crippen LogP contribution in [0, 0.1) is 10.1 Å². The van der Waals surface area contributed by atoms with E-state index in [-0.39, 0.29) is 11.1 Å². The zero-order chi connectivity index (χ0) is 18.0. The molecule has 0 amide bonds. The van der Waals surface area contributed by atoms with E-state index in [2.05, 4.69) is 18.7 Å². The van der Waals surface area contributed by atoms with Crippen molar-refractivity contribution in [2.45, 2.75) is 20.4 Å². The van der Waals surface area contributed by atoms with Crippen molar-refractivity contribution >= 4 is 27.5 Å². The van der Waals surface area contributed by atoms with Crippen molar-refractivity contribution < 1.29 is 4.92 Å². The average Bonchev–Trinajstić information content (AvgIpc) is 2.64. The second-order valence-corrected chi connectivity index (χ2v) is 5.96. The van der Waals surface area contributed by atoms with Crippen LogP contribution < -0.4 is 5.43 Å². The maximum absolute atomic E-state index is 12.8. The van der Waals surface area contributed by atoms with Crippen molar-refractivity contribution in [1.29, 1.82) is 0 Å². The van der Waals surface area contributed by atoms with Crippen molar-refractivity contribution in [2.24, 2.45) is 0 Å². The number of likely N-dealkylation sites (N-methyl/N-ethyl adjacent to an activating group) is 1. The quantitative estimate of drug-likeness (QED) is 0.392. The number of pyridine rings is 1. The van der Waals surface area contributed by atoms with Crippen molar-refractivity contribution in [3.63, 3.8) is 0 Å². The number of nitro benzene ring substituents is 1. The van der Waals surface area contributed by atoms with Crippen LogP contribution in [0.25, 0.3) is 21.8 Å². The fraction of sp³-hybridized carbons (Fsp3) is 0.316. The summed E-state index contributed by atoms with van der Waals surface area (Å²) in [5.74, 6) is 0. The summed E-state index contributed by atoms with van der Waals surface area (Å²) in [6.07, 6.45) is 0. The van der Waals surface area contributed by atoms with E-state index in [9.17, 15) is 14.9 Å². The third-order valence-corrected chi connectivity index (χ3v) is 4.70. The maximum Gasteiger partial charge on any atom is 0.293 e. The van der Waals surface area contributed by atoms with Gasteiger partial charge in [-0.25, -0.2) is 0 Å². The van der Waals surface area contributed by atoms with Gasteiger partial charge in [-0.15, -0.1) is 0 Å². The van der Waals surface area contributed by atoms with E-state index in [4.69, 9.17) is 0 Å². The molecule has 6 heteroatoms. The number of nitrogens with zero attached hydrogens (tertiary/aromatic N) is 3. The van der Waals surface area contributed by atoms with E-state index in [1.807, 2.05) is 22.8 Å². The molecule has 130 valence electrons. The van der Waals surface area contributed by atoms with Gasteiger partial charge in [0.2, 0.25) is 0 Å². The minimum absolute atomic E-state index is 0.0279. The van der Waals surface area contributed by atoms with Crippen molar-refractivity contribution in [2.75, 3.05) is 19.6 Å². The van der Waals surface area contributed by atoms with Gasteiger partial charge in [-0.2, -0.15) is 0 Å². The normalized spacial score (nSPS) is 11.5. The fourth-order valence-electron chi connectivity index (χ4n) is 3.33. The predicted octanol–water partition coefficient (Wildman–Crippen LogP) is 3.40. The summed E-state index contributed by atoms with van der Waals surface area (Å²) < 4.78 is 1.92. The van der Waals surface area contributed by atoms with Gasteiger partial charge in [-0.05, 0) is 31.3 Å². The molecule has 2 aromatic carbocycles. The highest BCUT2D eigenvalue weighted by atomic mass is 16.6. The Morgan fingerprint density at radius 2 is 1.72 bits per heavy atom. The Kier molecular flexibility index (Phi) is 4.81. The minimum Gasteiger partial charge on any atom is -0.333 e. The van der Waals surface area contributed by atoms with Gasteiger partial charge in [0.15, 0.2) is 5.43 Å². The number of hydrogen-bond acceptors (Lipinski definition) is 4. The van der Waals surface area contributed by atoms with Gasteiger partial charge < -0.3 is 9.47 Å². The number of nitro groups is 1. The molecule has 1 heterocycles. The summed E-state index contributed by atoms with van der Waals surface area (Å²) >= 11 is 0. The van der Waals surface area contributed by atoms with Crippen LogP contribution in [0.2, 0.25) is 0 Å². The van der Waals surface area contributed by atoms with E-state index in [1.165, 1.54) is 6.07 Å². The standard InChI is InChI=1S/C19H21N3O3/c1-3-20(4-2)12-13-21-16-10-6-5-8-14(16)19(23)15-9-7-11-17(18(15)21)22(24)25/h5-11H,3-4,12-13H2,1-2H3. The predicted molar refractivity (Wildman–Crippen MR) is 100 cm³/mol. The Bertz CT molecular complexity index is 990. The second-order valence-electron chi connectivity index (χ2n) is 5.96. The Labute approximate surface area is 145 Å². The lowest BCUT2D eigenvalue weighted by Gasteiger charge is -2.21. The van der Waals surface area contributed by atoms with Crippen LogP contribution in [0.1, 0.15) is 13.8 Å². The Hall–Kier alpha value is -2.73. The first kappa shape index (κ1) is 17.1. The van der Waals surface area contributed by atoms with Crippen LogP contribution in [-0.4, -0.2) is 34.0 Å². The molecule has 0 radical (unpaired) electrons. The van der Waals surface area contributed by atoms with Crippen LogP contribution >= 0.6 is 0 Å². The van der Waals surface area contributed by atoms with Gasteiger partial charge in [-0.3, -0.25) is 14.9 Å². The SMILES string of the molecule is CCN(CC)CCn1c2ccccc2c(=O)c2cccc([N+](=O)[O-])c21. The third-order valence-electron chi connectivity index (χ3n) is 4.70. The van der Waals surface area contributed by atoms with Crippen LogP contribution in [0.4, 0.5) is 5.69 Å². The first-order valence-electron chi connectivity index (χ1n) is 8.49. The smallest absolute Gasteiger partial charge is 0.293 e. The molecule has 0 spiro atoms. The first-order valence-corrected chi connectivity index (χ1v) is 8.49. The molecule has 3 aromatic rings. The number of aromatic nitrogens is 1. The topological polar surface area (TPSA) is 68.4 Å². The summed E-state index contributed by atoms with van der Waals surface area (Å²) in [6, 6.07) is 12.0. The first-order chi connectivity index (χ1) is 12.1. The highest BCUT2D eigenvalue weighted by molar-refractivity contribution is 5.97. The Morgan fingerprint density at radius 1 is 1.04 bits per heavy atom. The van der Waals surface area contributed by atoms with Gasteiger partial charge in [0.25, 0.3) is 5.69 Å². The van der Waals surface area contributed by atoms with Gasteiger partial charge in [0.05, 0.1) is 15.8 Å². The van der Waals surface area contributed by atoms with E-state index in [1.54, 1.807) is 18.2 Å². The summed E-state index contributed by atoms with van der Waals surface area (Å²) in [7, 11) is 0. The molecule has 6 nitrogen and oxygen atoms in total. The minimum atomic E-state index is -0.412. The highest BCUT2D eigenvalue weighted by Gasteiger charge is 2.19. The monoisotopic (exact) mass is 339 g/mol. The lowest BCUT2D eigenvalue weighted by atomic mass is 10.1.